The van der Waals surface area contributed by atoms with Gasteiger partial charge in [0.25, 0.3) is 0 Å². The number of hydrogen-bond donors (Lipinski definition) is 7. The Morgan fingerprint density at radius 2 is 1.97 bits per heavy atom. The molecule has 3 heterocycles. The van der Waals surface area contributed by atoms with E-state index in [1.165, 1.54) is 10.9 Å². The largest absolute Gasteiger partial charge is 0.524 e. The van der Waals surface area contributed by atoms with Gasteiger partial charge in [0.2, 0.25) is 0 Å². The molecule has 1 aromatic carbocycles. The van der Waals surface area contributed by atoms with E-state index in [0.717, 1.165) is 12.4 Å². The summed E-state index contributed by atoms with van der Waals surface area (Å²) in [7, 11) is -4.94. The lowest BCUT2D eigenvalue weighted by Gasteiger charge is -2.16. The van der Waals surface area contributed by atoms with Gasteiger partial charge in [-0.05, 0) is 6.07 Å². The first-order valence-electron chi connectivity index (χ1n) is 9.39. The van der Waals surface area contributed by atoms with E-state index < -0.39 is 56.3 Å². The van der Waals surface area contributed by atoms with Crippen LogP contribution in [0.4, 0.5) is 10.2 Å². The molecule has 2 aromatic heterocycles. The quantitative estimate of drug-likeness (QED) is 0.207. The van der Waals surface area contributed by atoms with Gasteiger partial charge in [0.15, 0.2) is 34.8 Å². The summed E-state index contributed by atoms with van der Waals surface area (Å²) in [6.07, 6.45) is -2.30. The van der Waals surface area contributed by atoms with Crippen LogP contribution in [-0.2, 0) is 15.8 Å². The highest BCUT2D eigenvalue weighted by molar-refractivity contribution is 7.46. The van der Waals surface area contributed by atoms with E-state index in [9.17, 15) is 29.4 Å². The Morgan fingerprint density at radius 1 is 1.21 bits per heavy atom. The summed E-state index contributed by atoms with van der Waals surface area (Å²) in [5.74, 6) is -2.26. The van der Waals surface area contributed by atoms with Crippen LogP contribution < -0.4 is 9.84 Å². The van der Waals surface area contributed by atoms with Crippen molar-refractivity contribution in [3.8, 4) is 11.5 Å². The molecule has 0 amide bonds. The van der Waals surface area contributed by atoms with Crippen molar-refractivity contribution in [2.24, 2.45) is 0 Å². The number of fused-ring (bicyclic) bond motifs is 1. The minimum atomic E-state index is -4.94. The Labute approximate surface area is 184 Å². The van der Waals surface area contributed by atoms with Crippen molar-refractivity contribution >= 4 is 24.8 Å². The fourth-order valence-electron chi connectivity index (χ4n) is 3.41. The number of phenolic OH excluding ortho intramolecular Hbond substituents is 1. The molecule has 0 saturated carbocycles. The van der Waals surface area contributed by atoms with Crippen LogP contribution >= 0.6 is 7.82 Å². The molecule has 14 nitrogen and oxygen atoms in total. The third kappa shape index (κ3) is 4.60. The molecule has 4 rings (SSSR count). The zero-order valence-electron chi connectivity index (χ0n) is 16.6. The average Bonchev–Trinajstić information content (AvgIpc) is 3.30. The number of benzene rings is 1. The molecule has 1 fully saturated rings. The van der Waals surface area contributed by atoms with E-state index in [2.05, 4.69) is 24.8 Å². The van der Waals surface area contributed by atoms with Crippen LogP contribution in [0.1, 0.15) is 11.8 Å². The van der Waals surface area contributed by atoms with E-state index in [1.54, 1.807) is 0 Å². The molecule has 0 spiro atoms. The van der Waals surface area contributed by atoms with Gasteiger partial charge in [-0.1, -0.05) is 0 Å². The van der Waals surface area contributed by atoms with E-state index >= 15 is 0 Å². The molecular formula is C17H19FN5O9P. The maximum Gasteiger partial charge on any atom is 0.524 e. The number of phosphoric ester groups is 1. The number of rotatable bonds is 7. The number of nitrogens with one attached hydrogen (secondary N) is 1. The Bertz CT molecular complexity index is 1220. The van der Waals surface area contributed by atoms with Crippen LogP contribution in [0.5, 0.6) is 11.5 Å². The summed E-state index contributed by atoms with van der Waals surface area (Å²) in [6, 6.07) is 1.67. The van der Waals surface area contributed by atoms with Crippen LogP contribution in [0.2, 0.25) is 0 Å². The summed E-state index contributed by atoms with van der Waals surface area (Å²) in [5, 5.41) is 42.3. The minimum Gasteiger partial charge on any atom is -0.505 e. The first-order chi connectivity index (χ1) is 15.6. The second kappa shape index (κ2) is 8.79. The molecule has 0 bridgehead atoms. The molecule has 33 heavy (non-hydrogen) atoms. The van der Waals surface area contributed by atoms with E-state index in [4.69, 9.17) is 14.5 Å². The predicted molar refractivity (Wildman–Crippen MR) is 106 cm³/mol. The average molecular weight is 487 g/mol. The fourth-order valence-corrected chi connectivity index (χ4v) is 3.79. The van der Waals surface area contributed by atoms with E-state index in [1.807, 2.05) is 0 Å². The van der Waals surface area contributed by atoms with Gasteiger partial charge in [-0.3, -0.25) is 14.4 Å². The Morgan fingerprint density at radius 3 is 2.64 bits per heavy atom. The number of ether oxygens (including phenoxy) is 1. The van der Waals surface area contributed by atoms with Gasteiger partial charge in [0.05, 0.1) is 12.9 Å². The van der Waals surface area contributed by atoms with E-state index in [-0.39, 0.29) is 29.1 Å². The lowest BCUT2D eigenvalue weighted by atomic mass is 10.1. The predicted octanol–water partition coefficient (Wildman–Crippen LogP) is -0.634. The molecule has 3 aromatic rings. The van der Waals surface area contributed by atoms with Crippen molar-refractivity contribution < 1.29 is 48.4 Å². The summed E-state index contributed by atoms with van der Waals surface area (Å²) in [6.45, 7) is -0.748. The maximum absolute atomic E-state index is 14.0. The standard InChI is InChI=1S/C17H19FN5O9P/c18-9-2-8(32-33(28,29)30)1-7(12(9)25)3-19-15-11-16(21-5-20-15)23(6-22-11)17-14(27)13(26)10(4-24)31-17/h1-2,5-6,10,13-14,17,24-27H,3-4H2,(H,19,20,21)(H2,28,29,30)/t10-,13-,14-,17-/m1/s1. The molecule has 1 saturated heterocycles. The van der Waals surface area contributed by atoms with Gasteiger partial charge in [0.1, 0.15) is 30.4 Å². The first-order valence-corrected chi connectivity index (χ1v) is 10.9. The number of aromatic hydroxyl groups is 1. The zero-order chi connectivity index (χ0) is 23.9. The van der Waals surface area contributed by atoms with Crippen molar-refractivity contribution in [2.45, 2.75) is 31.1 Å². The van der Waals surface area contributed by atoms with Gasteiger partial charge < -0.3 is 35.0 Å². The number of aliphatic hydroxyl groups excluding tert-OH is 3. The van der Waals surface area contributed by atoms with Gasteiger partial charge in [-0.2, -0.15) is 0 Å². The normalized spacial score (nSPS) is 23.2. The topological polar surface area (TPSA) is 213 Å². The number of nitrogens with zero attached hydrogens (tertiary/aromatic N) is 4. The molecule has 1 aliphatic heterocycles. The number of aliphatic hydroxyl groups is 3. The number of halogens is 1. The fraction of sp³-hybridized carbons (Fsp3) is 0.353. The molecule has 7 N–H and O–H groups in total. The molecule has 0 unspecified atom stereocenters. The van der Waals surface area contributed by atoms with Crippen LogP contribution in [0.25, 0.3) is 11.2 Å². The number of anilines is 1. The molecule has 4 atom stereocenters. The van der Waals surface area contributed by atoms with Gasteiger partial charge in [0, 0.05) is 18.2 Å². The smallest absolute Gasteiger partial charge is 0.505 e. The van der Waals surface area contributed by atoms with Crippen molar-refractivity contribution in [1.82, 2.24) is 19.5 Å². The maximum atomic E-state index is 14.0. The second-order valence-electron chi connectivity index (χ2n) is 7.12. The number of hydrogen-bond acceptors (Lipinski definition) is 11. The van der Waals surface area contributed by atoms with Crippen LogP contribution in [0, 0.1) is 5.82 Å². The molecule has 178 valence electrons. The summed E-state index contributed by atoms with van der Waals surface area (Å²) in [5.41, 5.74) is 0.322. The van der Waals surface area contributed by atoms with Crippen LogP contribution in [0.15, 0.2) is 24.8 Å². The number of phenols is 1. The second-order valence-corrected chi connectivity index (χ2v) is 8.29. The third-order valence-electron chi connectivity index (χ3n) is 4.94. The number of phosphoric acid groups is 1. The van der Waals surface area contributed by atoms with Gasteiger partial charge in [-0.25, -0.2) is 23.9 Å². The van der Waals surface area contributed by atoms with Gasteiger partial charge in [-0.15, -0.1) is 0 Å². The molecular weight excluding hydrogens is 468 g/mol. The lowest BCUT2D eigenvalue weighted by Crippen LogP contribution is -2.33. The van der Waals surface area contributed by atoms with Crippen molar-refractivity contribution in [3.05, 3.63) is 36.2 Å². The monoisotopic (exact) mass is 487 g/mol. The minimum absolute atomic E-state index is 0.0897. The molecule has 0 aliphatic carbocycles. The molecule has 1 aliphatic rings. The first kappa shape index (κ1) is 23.3. The van der Waals surface area contributed by atoms with Crippen LogP contribution in [0.3, 0.4) is 0 Å². The van der Waals surface area contributed by atoms with Crippen molar-refractivity contribution in [3.63, 3.8) is 0 Å². The summed E-state index contributed by atoms with van der Waals surface area (Å²) in [4.78, 5) is 30.1. The highest BCUT2D eigenvalue weighted by Gasteiger charge is 2.44. The van der Waals surface area contributed by atoms with E-state index in [0.29, 0.717) is 6.07 Å². The number of imidazole rings is 1. The molecule has 0 radical (unpaired) electrons. The highest BCUT2D eigenvalue weighted by Crippen LogP contribution is 2.40. The van der Waals surface area contributed by atoms with Crippen molar-refractivity contribution in [2.75, 3.05) is 11.9 Å². The number of aromatic nitrogens is 4. The Kier molecular flexibility index (Phi) is 6.20. The summed E-state index contributed by atoms with van der Waals surface area (Å²) >= 11 is 0. The Balaban J connectivity index is 1.60. The zero-order valence-corrected chi connectivity index (χ0v) is 17.4. The SMILES string of the molecule is O=P(O)(O)Oc1cc(F)c(O)c(CNc2ncnc3c2ncn3[C@@H]2O[C@H](CO)[C@@H](O)[C@H]2O)c1. The van der Waals surface area contributed by atoms with Crippen molar-refractivity contribution in [1.29, 1.82) is 0 Å². The third-order valence-corrected chi connectivity index (χ3v) is 5.39. The highest BCUT2D eigenvalue weighted by atomic mass is 31.2. The Hall–Kier alpha value is -2.91. The molecule has 16 heteroatoms. The van der Waals surface area contributed by atoms with Crippen LogP contribution in [-0.4, -0.2) is 74.7 Å². The summed E-state index contributed by atoms with van der Waals surface area (Å²) < 4.78 is 36.2. The lowest BCUT2D eigenvalue weighted by molar-refractivity contribution is -0.0511. The van der Waals surface area contributed by atoms with Gasteiger partial charge >= 0.3 is 7.82 Å².